The third-order valence-corrected chi connectivity index (χ3v) is 4.62. The summed E-state index contributed by atoms with van der Waals surface area (Å²) < 4.78 is 0. The molecule has 1 aromatic rings. The van der Waals surface area contributed by atoms with Gasteiger partial charge in [0.25, 0.3) is 0 Å². The van der Waals surface area contributed by atoms with Crippen LogP contribution in [0, 0.1) is 0 Å². The molecule has 1 fully saturated rings. The van der Waals surface area contributed by atoms with Crippen molar-refractivity contribution >= 4 is 34.8 Å². The Hall–Kier alpha value is -0.810. The molecule has 1 aliphatic carbocycles. The van der Waals surface area contributed by atoms with E-state index in [1.54, 1.807) is 0 Å². The average Bonchev–Trinajstić information content (AvgIpc) is 2.39. The highest BCUT2D eigenvalue weighted by Crippen LogP contribution is 2.28. The maximum atomic E-state index is 5.60. The lowest BCUT2D eigenvalue weighted by Crippen LogP contribution is -2.29. The van der Waals surface area contributed by atoms with Crippen molar-refractivity contribution in [3.63, 3.8) is 0 Å². The zero-order chi connectivity index (χ0) is 13.0. The Balaban J connectivity index is 2.00. The van der Waals surface area contributed by atoms with Crippen molar-refractivity contribution in [2.45, 2.75) is 37.0 Å². The van der Waals surface area contributed by atoms with E-state index in [2.05, 4.69) is 16.6 Å². The molecule has 0 radical (unpaired) electrons. The maximum absolute atomic E-state index is 5.60. The molecule has 3 nitrogen and oxygen atoms in total. The Labute approximate surface area is 118 Å². The van der Waals surface area contributed by atoms with Crippen LogP contribution in [-0.4, -0.2) is 27.5 Å². The Morgan fingerprint density at radius 1 is 1.50 bits per heavy atom. The molecule has 5 heteroatoms. The molecule has 0 spiro atoms. The standard InChI is InChI=1S/C13H19N3S2/c1-18-10-5-2-4-9(8-10)15-12-7-3-6-11(16-12)13(14)17/h3,6-7,9-10H,2,4-5,8H2,1H3,(H2,14,17)(H,15,16). The molecule has 2 atom stereocenters. The molecule has 1 aromatic heterocycles. The van der Waals surface area contributed by atoms with Crippen molar-refractivity contribution in [2.75, 3.05) is 11.6 Å². The molecule has 0 aliphatic heterocycles. The third-order valence-electron chi connectivity index (χ3n) is 3.31. The predicted molar refractivity (Wildman–Crippen MR) is 83.3 cm³/mol. The number of nitrogens with one attached hydrogen (secondary N) is 1. The molecule has 3 N–H and O–H groups in total. The number of pyridine rings is 1. The Kier molecular flexibility index (Phi) is 4.83. The quantitative estimate of drug-likeness (QED) is 0.831. The Morgan fingerprint density at radius 3 is 3.06 bits per heavy atom. The maximum Gasteiger partial charge on any atom is 0.126 e. The van der Waals surface area contributed by atoms with Crippen LogP contribution in [-0.2, 0) is 0 Å². The first-order valence-corrected chi connectivity index (χ1v) is 7.95. The lowest BCUT2D eigenvalue weighted by atomic mass is 9.95. The molecule has 1 heterocycles. The first kappa shape index (κ1) is 13.6. The minimum Gasteiger partial charge on any atom is -0.388 e. The van der Waals surface area contributed by atoms with Gasteiger partial charge in [0.15, 0.2) is 0 Å². The minimum absolute atomic E-state index is 0.351. The first-order valence-electron chi connectivity index (χ1n) is 6.25. The summed E-state index contributed by atoms with van der Waals surface area (Å²) in [7, 11) is 0. The number of rotatable bonds is 4. The van der Waals surface area contributed by atoms with Gasteiger partial charge in [-0.1, -0.05) is 24.7 Å². The van der Waals surface area contributed by atoms with Crippen LogP contribution in [0.25, 0.3) is 0 Å². The van der Waals surface area contributed by atoms with Crippen molar-refractivity contribution in [1.82, 2.24) is 4.98 Å². The molecule has 0 amide bonds. The van der Waals surface area contributed by atoms with Gasteiger partial charge in [0.05, 0.1) is 5.69 Å². The highest BCUT2D eigenvalue weighted by Gasteiger charge is 2.21. The molecule has 0 aromatic carbocycles. The van der Waals surface area contributed by atoms with Crippen LogP contribution in [0.2, 0.25) is 0 Å². The Bertz CT molecular complexity index is 422. The fraction of sp³-hybridized carbons (Fsp3) is 0.538. The second kappa shape index (κ2) is 6.38. The lowest BCUT2D eigenvalue weighted by molar-refractivity contribution is 0.473. The summed E-state index contributed by atoms with van der Waals surface area (Å²) in [6.45, 7) is 0. The van der Waals surface area contributed by atoms with Gasteiger partial charge in [-0.15, -0.1) is 0 Å². The normalized spacial score (nSPS) is 23.6. The number of thiocarbonyl (C=S) groups is 1. The summed E-state index contributed by atoms with van der Waals surface area (Å²) in [5, 5.41) is 4.27. The van der Waals surface area contributed by atoms with Crippen LogP contribution in [0.1, 0.15) is 31.4 Å². The van der Waals surface area contributed by atoms with Gasteiger partial charge in [0.2, 0.25) is 0 Å². The van der Waals surface area contributed by atoms with Gasteiger partial charge >= 0.3 is 0 Å². The number of hydrogen-bond donors (Lipinski definition) is 2. The van der Waals surface area contributed by atoms with E-state index in [4.69, 9.17) is 18.0 Å². The van der Waals surface area contributed by atoms with Crippen molar-refractivity contribution in [2.24, 2.45) is 5.73 Å². The third kappa shape index (κ3) is 3.59. The fourth-order valence-corrected chi connectivity index (χ4v) is 3.29. The van der Waals surface area contributed by atoms with E-state index in [0.717, 1.165) is 11.1 Å². The number of aromatic nitrogens is 1. The fourth-order valence-electron chi connectivity index (χ4n) is 2.35. The number of anilines is 1. The van der Waals surface area contributed by atoms with E-state index in [1.807, 2.05) is 30.0 Å². The number of hydrogen-bond acceptors (Lipinski definition) is 4. The van der Waals surface area contributed by atoms with Crippen LogP contribution in [0.5, 0.6) is 0 Å². The minimum atomic E-state index is 0.351. The molecule has 18 heavy (non-hydrogen) atoms. The number of nitrogens with zero attached hydrogens (tertiary/aromatic N) is 1. The summed E-state index contributed by atoms with van der Waals surface area (Å²) in [5.41, 5.74) is 6.28. The van der Waals surface area contributed by atoms with Gasteiger partial charge in [-0.05, 0) is 37.7 Å². The van der Waals surface area contributed by atoms with Crippen LogP contribution in [0.4, 0.5) is 5.82 Å². The number of nitrogens with two attached hydrogens (primary N) is 1. The lowest BCUT2D eigenvalue weighted by Gasteiger charge is -2.29. The summed E-state index contributed by atoms with van der Waals surface area (Å²) in [6, 6.07) is 6.28. The largest absolute Gasteiger partial charge is 0.388 e. The van der Waals surface area contributed by atoms with Crippen molar-refractivity contribution in [3.8, 4) is 0 Å². The van der Waals surface area contributed by atoms with Gasteiger partial charge in [-0.3, -0.25) is 0 Å². The Morgan fingerprint density at radius 2 is 2.33 bits per heavy atom. The summed E-state index contributed by atoms with van der Waals surface area (Å²) in [4.78, 5) is 4.78. The van der Waals surface area contributed by atoms with Crippen molar-refractivity contribution < 1.29 is 0 Å². The monoisotopic (exact) mass is 281 g/mol. The predicted octanol–water partition coefficient (Wildman–Crippen LogP) is 2.80. The molecule has 0 bridgehead atoms. The van der Waals surface area contributed by atoms with Crippen LogP contribution >= 0.6 is 24.0 Å². The van der Waals surface area contributed by atoms with Gasteiger partial charge in [0.1, 0.15) is 10.8 Å². The zero-order valence-corrected chi connectivity index (χ0v) is 12.2. The van der Waals surface area contributed by atoms with E-state index in [9.17, 15) is 0 Å². The zero-order valence-electron chi connectivity index (χ0n) is 10.6. The van der Waals surface area contributed by atoms with Crippen LogP contribution < -0.4 is 11.1 Å². The van der Waals surface area contributed by atoms with E-state index in [1.165, 1.54) is 25.7 Å². The van der Waals surface area contributed by atoms with Gasteiger partial charge in [-0.2, -0.15) is 11.8 Å². The number of thioether (sulfide) groups is 1. The summed E-state index contributed by atoms with van der Waals surface area (Å²) >= 11 is 6.91. The van der Waals surface area contributed by atoms with Gasteiger partial charge < -0.3 is 11.1 Å². The van der Waals surface area contributed by atoms with E-state index >= 15 is 0 Å². The molecule has 0 saturated heterocycles. The molecule has 1 aliphatic rings. The molecule has 1 saturated carbocycles. The SMILES string of the molecule is CSC1CCCC(Nc2cccc(C(N)=S)n2)C1. The van der Waals surface area contributed by atoms with Gasteiger partial charge in [0, 0.05) is 11.3 Å². The average molecular weight is 281 g/mol. The first-order chi connectivity index (χ1) is 8.69. The second-order valence-corrected chi connectivity index (χ2v) is 6.22. The summed E-state index contributed by atoms with van der Waals surface area (Å²) in [6.07, 6.45) is 7.24. The smallest absolute Gasteiger partial charge is 0.126 e. The van der Waals surface area contributed by atoms with Crippen molar-refractivity contribution in [1.29, 1.82) is 0 Å². The van der Waals surface area contributed by atoms with E-state index in [0.29, 0.717) is 16.7 Å². The molecular weight excluding hydrogens is 262 g/mol. The van der Waals surface area contributed by atoms with E-state index in [-0.39, 0.29) is 0 Å². The van der Waals surface area contributed by atoms with E-state index < -0.39 is 0 Å². The highest BCUT2D eigenvalue weighted by atomic mass is 32.2. The molecular formula is C13H19N3S2. The highest BCUT2D eigenvalue weighted by molar-refractivity contribution is 7.99. The topological polar surface area (TPSA) is 50.9 Å². The van der Waals surface area contributed by atoms with Crippen LogP contribution in [0.15, 0.2) is 18.2 Å². The van der Waals surface area contributed by atoms with Crippen molar-refractivity contribution in [3.05, 3.63) is 23.9 Å². The van der Waals surface area contributed by atoms with Gasteiger partial charge in [-0.25, -0.2) is 4.98 Å². The summed E-state index contributed by atoms with van der Waals surface area (Å²) in [5.74, 6) is 0.882. The molecule has 98 valence electrons. The second-order valence-electron chi connectivity index (χ2n) is 4.64. The molecule has 2 rings (SSSR count). The molecule has 2 unspecified atom stereocenters. The van der Waals surface area contributed by atoms with Crippen LogP contribution in [0.3, 0.4) is 0 Å².